The van der Waals surface area contributed by atoms with E-state index in [0.29, 0.717) is 5.75 Å². The van der Waals surface area contributed by atoms with E-state index in [2.05, 4.69) is 0 Å². The summed E-state index contributed by atoms with van der Waals surface area (Å²) in [6, 6.07) is 4.67. The summed E-state index contributed by atoms with van der Waals surface area (Å²) in [5.41, 5.74) is 0.832. The third-order valence-electron chi connectivity index (χ3n) is 2.26. The molecule has 0 heterocycles. The summed E-state index contributed by atoms with van der Waals surface area (Å²) in [6.07, 6.45) is 0. The van der Waals surface area contributed by atoms with Crippen molar-refractivity contribution >= 4 is 19.7 Å². The third-order valence-corrected chi connectivity index (χ3v) is 3.61. The van der Waals surface area contributed by atoms with Gasteiger partial charge in [0.2, 0.25) is 0 Å². The lowest BCUT2D eigenvalue weighted by Crippen LogP contribution is -2.13. The maximum absolute atomic E-state index is 11.2. The predicted molar refractivity (Wildman–Crippen MR) is 64.7 cm³/mol. The molecular formula is C11H15ClO3S. The summed E-state index contributed by atoms with van der Waals surface area (Å²) < 4.78 is 27.5. The zero-order valence-electron chi connectivity index (χ0n) is 9.74. The van der Waals surface area contributed by atoms with E-state index in [9.17, 15) is 8.42 Å². The molecule has 90 valence electrons. The van der Waals surface area contributed by atoms with Crippen LogP contribution in [0.5, 0.6) is 5.75 Å². The fraction of sp³-hybridized carbons (Fsp3) is 0.455. The van der Waals surface area contributed by atoms with Crippen LogP contribution >= 0.6 is 10.7 Å². The van der Waals surface area contributed by atoms with Gasteiger partial charge in [0.1, 0.15) is 5.75 Å². The van der Waals surface area contributed by atoms with Crippen LogP contribution in [0.1, 0.15) is 26.3 Å². The Hall–Kier alpha value is -0.740. The Labute approximate surface area is 101 Å². The number of halogens is 1. The Morgan fingerprint density at radius 3 is 2.19 bits per heavy atom. The minimum absolute atomic E-state index is 0.0546. The molecule has 0 radical (unpaired) electrons. The smallest absolute Gasteiger partial charge is 0.261 e. The van der Waals surface area contributed by atoms with Crippen LogP contribution < -0.4 is 4.74 Å². The Balaban J connectivity index is 3.40. The molecule has 0 bridgehead atoms. The largest absolute Gasteiger partial charge is 0.496 e. The number of methoxy groups -OCH3 is 1. The Morgan fingerprint density at radius 2 is 1.81 bits per heavy atom. The molecule has 0 saturated carbocycles. The number of rotatable bonds is 2. The maximum Gasteiger partial charge on any atom is 0.261 e. The van der Waals surface area contributed by atoms with Crippen molar-refractivity contribution in [3.63, 3.8) is 0 Å². The van der Waals surface area contributed by atoms with E-state index >= 15 is 0 Å². The van der Waals surface area contributed by atoms with Gasteiger partial charge in [0, 0.05) is 16.7 Å². The van der Waals surface area contributed by atoms with E-state index in [0.717, 1.165) is 5.56 Å². The normalized spacial score (nSPS) is 12.6. The molecule has 0 fully saturated rings. The molecule has 0 aromatic heterocycles. The number of benzene rings is 1. The summed E-state index contributed by atoms with van der Waals surface area (Å²) in [7, 11) is 3.07. The van der Waals surface area contributed by atoms with Crippen LogP contribution in [0, 0.1) is 0 Å². The predicted octanol–water partition coefficient (Wildman–Crippen LogP) is 2.92. The maximum atomic E-state index is 11.2. The first-order chi connectivity index (χ1) is 7.16. The molecule has 1 aromatic carbocycles. The fourth-order valence-electron chi connectivity index (χ4n) is 1.44. The molecule has 0 N–H and O–H groups in total. The molecule has 0 aliphatic heterocycles. The van der Waals surface area contributed by atoms with Gasteiger partial charge in [-0.15, -0.1) is 0 Å². The average Bonchev–Trinajstić information content (AvgIpc) is 2.14. The van der Waals surface area contributed by atoms with Gasteiger partial charge in [0.25, 0.3) is 9.05 Å². The number of ether oxygens (including phenoxy) is 1. The van der Waals surface area contributed by atoms with Crippen molar-refractivity contribution in [2.45, 2.75) is 31.1 Å². The van der Waals surface area contributed by atoms with Crippen molar-refractivity contribution in [2.24, 2.45) is 0 Å². The third kappa shape index (κ3) is 2.89. The monoisotopic (exact) mass is 262 g/mol. The van der Waals surface area contributed by atoms with E-state index in [1.165, 1.54) is 19.2 Å². The quantitative estimate of drug-likeness (QED) is 0.770. The highest BCUT2D eigenvalue weighted by molar-refractivity contribution is 8.13. The zero-order chi connectivity index (χ0) is 12.6. The average molecular weight is 263 g/mol. The van der Waals surface area contributed by atoms with Gasteiger partial charge in [-0.1, -0.05) is 26.8 Å². The molecule has 0 aliphatic rings. The Bertz CT molecular complexity index is 486. The highest BCUT2D eigenvalue weighted by Crippen LogP contribution is 2.33. The molecule has 1 aromatic rings. The Kier molecular flexibility index (Phi) is 3.55. The van der Waals surface area contributed by atoms with Gasteiger partial charge in [0.15, 0.2) is 0 Å². The van der Waals surface area contributed by atoms with Gasteiger partial charge in [-0.3, -0.25) is 0 Å². The SMILES string of the molecule is COc1cc(S(=O)(=O)Cl)ccc1C(C)(C)C. The molecule has 0 saturated heterocycles. The molecule has 0 amide bonds. The highest BCUT2D eigenvalue weighted by atomic mass is 35.7. The summed E-state index contributed by atoms with van der Waals surface area (Å²) in [5, 5.41) is 0. The second-order valence-corrected chi connectivity index (χ2v) is 7.12. The highest BCUT2D eigenvalue weighted by Gasteiger charge is 2.21. The minimum atomic E-state index is -3.71. The van der Waals surface area contributed by atoms with Gasteiger partial charge in [-0.25, -0.2) is 8.42 Å². The van der Waals surface area contributed by atoms with E-state index < -0.39 is 9.05 Å². The van der Waals surface area contributed by atoms with Crippen LogP contribution in [0.2, 0.25) is 0 Å². The van der Waals surface area contributed by atoms with Crippen LogP contribution in [0.25, 0.3) is 0 Å². The van der Waals surface area contributed by atoms with Crippen molar-refractivity contribution in [1.82, 2.24) is 0 Å². The van der Waals surface area contributed by atoms with Gasteiger partial charge < -0.3 is 4.74 Å². The van der Waals surface area contributed by atoms with Crippen molar-refractivity contribution < 1.29 is 13.2 Å². The molecule has 0 atom stereocenters. The van der Waals surface area contributed by atoms with E-state index in [4.69, 9.17) is 15.4 Å². The van der Waals surface area contributed by atoms with Gasteiger partial charge in [-0.05, 0) is 17.0 Å². The van der Waals surface area contributed by atoms with Crippen molar-refractivity contribution in [2.75, 3.05) is 7.11 Å². The molecule has 0 spiro atoms. The zero-order valence-corrected chi connectivity index (χ0v) is 11.3. The van der Waals surface area contributed by atoms with Crippen LogP contribution in [0.15, 0.2) is 23.1 Å². The molecule has 0 aliphatic carbocycles. The number of hydrogen-bond donors (Lipinski definition) is 0. The van der Waals surface area contributed by atoms with Gasteiger partial charge in [-0.2, -0.15) is 0 Å². The van der Waals surface area contributed by atoms with Crippen LogP contribution in [-0.2, 0) is 14.5 Å². The molecule has 5 heteroatoms. The lowest BCUT2D eigenvalue weighted by molar-refractivity contribution is 0.396. The van der Waals surface area contributed by atoms with E-state index in [-0.39, 0.29) is 10.3 Å². The molecule has 3 nitrogen and oxygen atoms in total. The molecule has 0 unspecified atom stereocenters. The van der Waals surface area contributed by atoms with E-state index in [1.807, 2.05) is 20.8 Å². The molecular weight excluding hydrogens is 248 g/mol. The second-order valence-electron chi connectivity index (χ2n) is 4.55. The van der Waals surface area contributed by atoms with Crippen LogP contribution in [-0.4, -0.2) is 15.5 Å². The summed E-state index contributed by atoms with van der Waals surface area (Å²) in [6.45, 7) is 6.08. The summed E-state index contributed by atoms with van der Waals surface area (Å²) >= 11 is 0. The fourth-order valence-corrected chi connectivity index (χ4v) is 2.21. The van der Waals surface area contributed by atoms with Crippen LogP contribution in [0.4, 0.5) is 0 Å². The van der Waals surface area contributed by atoms with Crippen LogP contribution in [0.3, 0.4) is 0 Å². The molecule has 1 rings (SSSR count). The van der Waals surface area contributed by atoms with Gasteiger partial charge >= 0.3 is 0 Å². The number of hydrogen-bond acceptors (Lipinski definition) is 3. The topological polar surface area (TPSA) is 43.4 Å². The summed E-state index contributed by atoms with van der Waals surface area (Å²) in [4.78, 5) is 0.0546. The first kappa shape index (κ1) is 13.3. The van der Waals surface area contributed by atoms with Crippen molar-refractivity contribution in [1.29, 1.82) is 0 Å². The minimum Gasteiger partial charge on any atom is -0.496 e. The summed E-state index contributed by atoms with van der Waals surface area (Å²) in [5.74, 6) is 0.536. The second kappa shape index (κ2) is 4.26. The first-order valence-corrected chi connectivity index (χ1v) is 7.10. The Morgan fingerprint density at radius 1 is 1.25 bits per heavy atom. The lowest BCUT2D eigenvalue weighted by atomic mass is 9.86. The molecule has 16 heavy (non-hydrogen) atoms. The lowest BCUT2D eigenvalue weighted by Gasteiger charge is -2.22. The van der Waals surface area contributed by atoms with Crippen molar-refractivity contribution in [3.05, 3.63) is 23.8 Å². The standard InChI is InChI=1S/C11H15ClO3S/c1-11(2,3)9-6-5-8(16(12,13)14)7-10(9)15-4/h5-7H,1-4H3. The van der Waals surface area contributed by atoms with Gasteiger partial charge in [0.05, 0.1) is 12.0 Å². The van der Waals surface area contributed by atoms with Crippen molar-refractivity contribution in [3.8, 4) is 5.75 Å². The van der Waals surface area contributed by atoms with E-state index in [1.54, 1.807) is 6.07 Å². The first-order valence-electron chi connectivity index (χ1n) is 4.79.